The maximum Gasteiger partial charge on any atom is 0.412 e. The summed E-state index contributed by atoms with van der Waals surface area (Å²) in [6, 6.07) is 9.29. The average molecular weight is 447 g/mol. The molecule has 8 heteroatoms. The molecule has 0 bridgehead atoms. The van der Waals surface area contributed by atoms with Crippen LogP contribution in [0.15, 0.2) is 42.1 Å². The van der Waals surface area contributed by atoms with Gasteiger partial charge in [-0.1, -0.05) is 36.4 Å². The maximum absolute atomic E-state index is 12.2. The van der Waals surface area contributed by atoms with Gasteiger partial charge in [-0.2, -0.15) is 0 Å². The number of allylic oxidation sites excluding steroid dienone is 1. The molecule has 0 saturated heterocycles. The first-order chi connectivity index (χ1) is 15.2. The van der Waals surface area contributed by atoms with E-state index in [4.69, 9.17) is 14.2 Å². The molecule has 1 saturated carbocycles. The zero-order chi connectivity index (χ0) is 23.6. The second-order valence-electron chi connectivity index (χ2n) is 8.92. The van der Waals surface area contributed by atoms with E-state index >= 15 is 0 Å². The van der Waals surface area contributed by atoms with Crippen molar-refractivity contribution in [3.8, 4) is 0 Å². The van der Waals surface area contributed by atoms with Crippen LogP contribution in [0.3, 0.4) is 0 Å². The standard InChI is InChI=1S/C24H34N2O6/c1-24(2,3)32-22(28)25-15-18-12-10-17(11-13-18)14-20(21(27)30-4)26-23(29)31-16-19-8-6-5-7-9-19/h5-9,14,17-18H,10-13,15-16H2,1-4H3,(H,25,28)(H,26,29)/b20-14+/t17-,18-. The third kappa shape index (κ3) is 9.41. The first kappa shape index (κ1) is 25.2. The van der Waals surface area contributed by atoms with E-state index in [1.54, 1.807) is 6.08 Å². The Balaban J connectivity index is 1.82. The number of rotatable bonds is 7. The number of hydrogen-bond acceptors (Lipinski definition) is 6. The summed E-state index contributed by atoms with van der Waals surface area (Å²) in [4.78, 5) is 36.1. The van der Waals surface area contributed by atoms with E-state index in [2.05, 4.69) is 10.6 Å². The number of carbonyl (C=O) groups is 3. The minimum atomic E-state index is -0.708. The van der Waals surface area contributed by atoms with Gasteiger partial charge in [-0.25, -0.2) is 14.4 Å². The van der Waals surface area contributed by atoms with Gasteiger partial charge in [-0.15, -0.1) is 0 Å². The molecule has 0 aromatic heterocycles. The highest BCUT2D eigenvalue weighted by Crippen LogP contribution is 2.30. The second-order valence-corrected chi connectivity index (χ2v) is 8.92. The molecular weight excluding hydrogens is 412 g/mol. The molecule has 2 amide bonds. The Labute approximate surface area is 189 Å². The van der Waals surface area contributed by atoms with Crippen LogP contribution in [0.5, 0.6) is 0 Å². The second kappa shape index (κ2) is 12.1. The number of benzene rings is 1. The zero-order valence-electron chi connectivity index (χ0n) is 19.3. The van der Waals surface area contributed by atoms with Crippen molar-refractivity contribution in [1.29, 1.82) is 0 Å². The lowest BCUT2D eigenvalue weighted by Gasteiger charge is -2.28. The summed E-state index contributed by atoms with van der Waals surface area (Å²) in [6.45, 7) is 6.15. The van der Waals surface area contributed by atoms with E-state index in [0.717, 1.165) is 31.2 Å². The Bertz CT molecular complexity index is 792. The molecule has 1 aliphatic carbocycles. The largest absolute Gasteiger partial charge is 0.464 e. The van der Waals surface area contributed by atoms with Crippen LogP contribution < -0.4 is 10.6 Å². The van der Waals surface area contributed by atoms with Gasteiger partial charge in [-0.05, 0) is 63.9 Å². The van der Waals surface area contributed by atoms with E-state index in [0.29, 0.717) is 12.5 Å². The van der Waals surface area contributed by atoms with E-state index in [9.17, 15) is 14.4 Å². The van der Waals surface area contributed by atoms with E-state index < -0.39 is 23.8 Å². The summed E-state index contributed by atoms with van der Waals surface area (Å²) in [5.41, 5.74) is 0.414. The number of alkyl carbamates (subject to hydrolysis) is 2. The Morgan fingerprint density at radius 1 is 1.03 bits per heavy atom. The third-order valence-electron chi connectivity index (χ3n) is 5.08. The maximum atomic E-state index is 12.2. The molecular formula is C24H34N2O6. The van der Waals surface area contributed by atoms with Crippen LogP contribution in [-0.4, -0.2) is 37.4 Å². The molecule has 0 unspecified atom stereocenters. The van der Waals surface area contributed by atoms with E-state index in [1.165, 1.54) is 7.11 Å². The van der Waals surface area contributed by atoms with Gasteiger partial charge in [0.15, 0.2) is 0 Å². The average Bonchev–Trinajstić information content (AvgIpc) is 2.75. The van der Waals surface area contributed by atoms with Crippen molar-refractivity contribution >= 4 is 18.2 Å². The van der Waals surface area contributed by atoms with E-state index in [-0.39, 0.29) is 18.2 Å². The minimum Gasteiger partial charge on any atom is -0.464 e. The number of nitrogens with one attached hydrogen (secondary N) is 2. The molecule has 8 nitrogen and oxygen atoms in total. The highest BCUT2D eigenvalue weighted by atomic mass is 16.6. The minimum absolute atomic E-state index is 0.0842. The fourth-order valence-corrected chi connectivity index (χ4v) is 3.48. The lowest BCUT2D eigenvalue weighted by atomic mass is 9.81. The van der Waals surface area contributed by atoms with Gasteiger partial charge in [0.05, 0.1) is 7.11 Å². The number of esters is 1. The quantitative estimate of drug-likeness (QED) is 0.368. The fraction of sp³-hybridized carbons (Fsp3) is 0.542. The van der Waals surface area contributed by atoms with Crippen LogP contribution in [0.25, 0.3) is 0 Å². The molecule has 2 N–H and O–H groups in total. The van der Waals surface area contributed by atoms with Crippen molar-refractivity contribution < 1.29 is 28.6 Å². The van der Waals surface area contributed by atoms with Crippen LogP contribution in [0.4, 0.5) is 9.59 Å². The molecule has 0 radical (unpaired) electrons. The molecule has 1 aromatic rings. The highest BCUT2D eigenvalue weighted by molar-refractivity contribution is 5.92. The molecule has 0 heterocycles. The van der Waals surface area contributed by atoms with Crippen LogP contribution in [0.1, 0.15) is 52.0 Å². The summed E-state index contributed by atoms with van der Waals surface area (Å²) in [6.07, 6.45) is 4.08. The van der Waals surface area contributed by atoms with Crippen LogP contribution in [0, 0.1) is 11.8 Å². The Kier molecular flexibility index (Phi) is 9.56. The van der Waals surface area contributed by atoms with Crippen LogP contribution >= 0.6 is 0 Å². The van der Waals surface area contributed by atoms with Gasteiger partial charge in [-0.3, -0.25) is 5.32 Å². The molecule has 176 valence electrons. The van der Waals surface area contributed by atoms with Crippen molar-refractivity contribution in [2.24, 2.45) is 11.8 Å². The molecule has 0 aliphatic heterocycles. The number of carbonyl (C=O) groups excluding carboxylic acids is 3. The van der Waals surface area contributed by atoms with Crippen molar-refractivity contribution in [2.75, 3.05) is 13.7 Å². The van der Waals surface area contributed by atoms with Crippen LogP contribution in [-0.2, 0) is 25.6 Å². The first-order valence-corrected chi connectivity index (χ1v) is 10.9. The molecule has 1 fully saturated rings. The SMILES string of the molecule is COC(=O)/C(=C\[C@H]1CC[C@H](CNC(=O)OC(C)(C)C)CC1)NC(=O)OCc1ccccc1. The lowest BCUT2D eigenvalue weighted by Crippen LogP contribution is -2.36. The van der Waals surface area contributed by atoms with Gasteiger partial charge >= 0.3 is 18.2 Å². The summed E-state index contributed by atoms with van der Waals surface area (Å²) in [5.74, 6) is -0.149. The van der Waals surface area contributed by atoms with E-state index in [1.807, 2.05) is 51.1 Å². The van der Waals surface area contributed by atoms with Gasteiger partial charge in [0.1, 0.15) is 17.9 Å². The van der Waals surface area contributed by atoms with Crippen LogP contribution in [0.2, 0.25) is 0 Å². The summed E-state index contributed by atoms with van der Waals surface area (Å²) >= 11 is 0. The summed E-state index contributed by atoms with van der Waals surface area (Å²) in [7, 11) is 1.27. The Hall–Kier alpha value is -3.03. The number of hydrogen-bond donors (Lipinski definition) is 2. The Morgan fingerprint density at radius 3 is 2.28 bits per heavy atom. The highest BCUT2D eigenvalue weighted by Gasteiger charge is 2.24. The predicted molar refractivity (Wildman–Crippen MR) is 120 cm³/mol. The number of amides is 2. The number of ether oxygens (including phenoxy) is 3. The molecule has 0 spiro atoms. The smallest absolute Gasteiger partial charge is 0.412 e. The van der Waals surface area contributed by atoms with Gasteiger partial charge < -0.3 is 19.5 Å². The topological polar surface area (TPSA) is 103 Å². The fourth-order valence-electron chi connectivity index (χ4n) is 3.48. The number of methoxy groups -OCH3 is 1. The van der Waals surface area contributed by atoms with Crippen molar-refractivity contribution in [3.05, 3.63) is 47.7 Å². The molecule has 1 aliphatic rings. The van der Waals surface area contributed by atoms with Gasteiger partial charge in [0.25, 0.3) is 0 Å². The summed E-state index contributed by atoms with van der Waals surface area (Å²) in [5, 5.41) is 5.33. The normalized spacial score (nSPS) is 18.9. The monoisotopic (exact) mass is 446 g/mol. The molecule has 0 atom stereocenters. The first-order valence-electron chi connectivity index (χ1n) is 10.9. The molecule has 32 heavy (non-hydrogen) atoms. The van der Waals surface area contributed by atoms with Gasteiger partial charge in [0.2, 0.25) is 0 Å². The zero-order valence-corrected chi connectivity index (χ0v) is 19.3. The molecule has 1 aromatic carbocycles. The third-order valence-corrected chi connectivity index (χ3v) is 5.08. The van der Waals surface area contributed by atoms with Crippen molar-refractivity contribution in [1.82, 2.24) is 10.6 Å². The Morgan fingerprint density at radius 2 is 1.69 bits per heavy atom. The van der Waals surface area contributed by atoms with Crippen molar-refractivity contribution in [3.63, 3.8) is 0 Å². The lowest BCUT2D eigenvalue weighted by molar-refractivity contribution is -0.136. The molecule has 2 rings (SSSR count). The van der Waals surface area contributed by atoms with Crippen molar-refractivity contribution in [2.45, 2.75) is 58.7 Å². The predicted octanol–water partition coefficient (Wildman–Crippen LogP) is 4.30. The summed E-state index contributed by atoms with van der Waals surface area (Å²) < 4.78 is 15.3. The van der Waals surface area contributed by atoms with Gasteiger partial charge in [0, 0.05) is 6.54 Å².